The number of carbonyl (C=O) groups is 4. The number of nitrogens with zero attached hydrogens (tertiary/aromatic N) is 2. The Kier molecular flexibility index (Phi) is 11.2. The van der Waals surface area contributed by atoms with E-state index in [1.807, 2.05) is 45.0 Å². The number of nitriles is 1. The monoisotopic (exact) mass is 487 g/mol. The molecule has 0 spiro atoms. The molecule has 0 aromatic heterocycles. The molecule has 192 valence electrons. The molecule has 35 heavy (non-hydrogen) atoms. The average Bonchev–Trinajstić information content (AvgIpc) is 2.72. The topological polar surface area (TPSA) is 155 Å². The summed E-state index contributed by atoms with van der Waals surface area (Å²) in [6.45, 7) is 10.5. The third-order valence-corrected chi connectivity index (χ3v) is 5.12. The van der Waals surface area contributed by atoms with Gasteiger partial charge in [0.1, 0.15) is 24.2 Å². The highest BCUT2D eigenvalue weighted by Crippen LogP contribution is 2.28. The summed E-state index contributed by atoms with van der Waals surface area (Å²) in [4.78, 5) is 52.2. The predicted octanol–water partition coefficient (Wildman–Crippen LogP) is 2.38. The zero-order valence-corrected chi connectivity index (χ0v) is 21.4. The lowest BCUT2D eigenvalue weighted by molar-refractivity contribution is -0.142. The molecule has 0 saturated carbocycles. The molecule has 4 N–H and O–H groups in total. The second-order valence-electron chi connectivity index (χ2n) is 9.35. The minimum atomic E-state index is -1.43. The van der Waals surface area contributed by atoms with Crippen molar-refractivity contribution in [3.63, 3.8) is 0 Å². The number of primary amides is 1. The van der Waals surface area contributed by atoms with Crippen LogP contribution in [0.1, 0.15) is 69.7 Å². The molecule has 4 amide bonds. The molecule has 0 saturated heterocycles. The van der Waals surface area contributed by atoms with Crippen LogP contribution in [0.5, 0.6) is 0 Å². The van der Waals surface area contributed by atoms with Gasteiger partial charge in [-0.3, -0.25) is 14.4 Å². The van der Waals surface area contributed by atoms with Gasteiger partial charge in [-0.05, 0) is 57.7 Å². The van der Waals surface area contributed by atoms with Crippen LogP contribution in [0.25, 0.3) is 0 Å². The fourth-order valence-corrected chi connectivity index (χ4v) is 3.60. The lowest BCUT2D eigenvalue weighted by Crippen LogP contribution is -2.54. The normalized spacial score (nSPS) is 12.6. The summed E-state index contributed by atoms with van der Waals surface area (Å²) in [5, 5.41) is 14.7. The predicted molar refractivity (Wildman–Crippen MR) is 131 cm³/mol. The molecular weight excluding hydrogens is 450 g/mol. The van der Waals surface area contributed by atoms with Gasteiger partial charge in [-0.1, -0.05) is 31.5 Å². The molecule has 0 bridgehead atoms. The van der Waals surface area contributed by atoms with E-state index < -0.39 is 54.5 Å². The second-order valence-corrected chi connectivity index (χ2v) is 9.35. The van der Waals surface area contributed by atoms with Crippen LogP contribution in [0.3, 0.4) is 0 Å². The molecule has 10 heteroatoms. The lowest BCUT2D eigenvalue weighted by Gasteiger charge is -2.34. The van der Waals surface area contributed by atoms with Crippen LogP contribution in [0.4, 0.5) is 4.79 Å². The smallest absolute Gasteiger partial charge is 0.408 e. The number of amides is 4. The molecule has 0 radical (unpaired) electrons. The molecule has 0 aliphatic rings. The van der Waals surface area contributed by atoms with E-state index in [0.29, 0.717) is 12.1 Å². The first-order chi connectivity index (χ1) is 16.3. The maximum atomic E-state index is 13.7. The van der Waals surface area contributed by atoms with Crippen LogP contribution in [-0.2, 0) is 19.1 Å². The van der Waals surface area contributed by atoms with Crippen molar-refractivity contribution in [2.24, 2.45) is 5.73 Å². The number of unbranched alkanes of at least 4 members (excludes halogenated alkanes) is 1. The number of rotatable bonds is 11. The van der Waals surface area contributed by atoms with Gasteiger partial charge in [-0.2, -0.15) is 5.26 Å². The molecule has 1 aromatic rings. The van der Waals surface area contributed by atoms with Gasteiger partial charge in [0.15, 0.2) is 0 Å². The first-order valence-electron chi connectivity index (χ1n) is 11.6. The Bertz CT molecular complexity index is 944. The van der Waals surface area contributed by atoms with E-state index in [1.54, 1.807) is 20.8 Å². The van der Waals surface area contributed by atoms with Crippen molar-refractivity contribution in [3.8, 4) is 6.07 Å². The number of hydrogen-bond donors (Lipinski definition) is 3. The largest absolute Gasteiger partial charge is 0.444 e. The maximum Gasteiger partial charge on any atom is 0.408 e. The SMILES string of the molecule is CCCCNC(=O)C(c1c(C)cccc1C)N(CC#N)C(=O)C(CC(N)=O)NC(=O)OC(C)(C)C. The molecule has 1 rings (SSSR count). The van der Waals surface area contributed by atoms with Gasteiger partial charge in [0.25, 0.3) is 0 Å². The number of hydrogen-bond acceptors (Lipinski definition) is 6. The highest BCUT2D eigenvalue weighted by atomic mass is 16.6. The third kappa shape index (κ3) is 9.27. The Morgan fingerprint density at radius 3 is 2.26 bits per heavy atom. The summed E-state index contributed by atoms with van der Waals surface area (Å²) in [6.07, 6.45) is 0.138. The fraction of sp³-hybridized carbons (Fsp3) is 0.560. The van der Waals surface area contributed by atoms with Crippen molar-refractivity contribution < 1.29 is 23.9 Å². The van der Waals surface area contributed by atoms with E-state index in [4.69, 9.17) is 10.5 Å². The number of alkyl carbamates (subject to hydrolysis) is 1. The maximum absolute atomic E-state index is 13.7. The number of aryl methyl sites for hydroxylation is 2. The van der Waals surface area contributed by atoms with Crippen molar-refractivity contribution >= 4 is 23.8 Å². The van der Waals surface area contributed by atoms with Gasteiger partial charge in [0.05, 0.1) is 12.5 Å². The molecule has 0 aliphatic heterocycles. The molecular formula is C25H37N5O5. The number of nitrogens with two attached hydrogens (primary N) is 1. The summed E-state index contributed by atoms with van der Waals surface area (Å²) in [5.74, 6) is -2.10. The van der Waals surface area contributed by atoms with Gasteiger partial charge < -0.3 is 26.0 Å². The molecule has 10 nitrogen and oxygen atoms in total. The van der Waals surface area contributed by atoms with Crippen molar-refractivity contribution in [1.29, 1.82) is 5.26 Å². The number of nitrogens with one attached hydrogen (secondary N) is 2. The van der Waals surface area contributed by atoms with Crippen LogP contribution in [-0.4, -0.2) is 53.4 Å². The van der Waals surface area contributed by atoms with Crippen LogP contribution in [0.2, 0.25) is 0 Å². The van der Waals surface area contributed by atoms with E-state index in [0.717, 1.165) is 28.9 Å². The van der Waals surface area contributed by atoms with Gasteiger partial charge >= 0.3 is 6.09 Å². The Labute approximate surface area is 207 Å². The van der Waals surface area contributed by atoms with Gasteiger partial charge in [0.2, 0.25) is 17.7 Å². The average molecular weight is 488 g/mol. The number of ether oxygens (including phenoxy) is 1. The summed E-state index contributed by atoms with van der Waals surface area (Å²) in [6, 6.07) is 4.79. The molecule has 0 heterocycles. The number of benzene rings is 1. The summed E-state index contributed by atoms with van der Waals surface area (Å²) >= 11 is 0. The van der Waals surface area contributed by atoms with E-state index >= 15 is 0 Å². The highest BCUT2D eigenvalue weighted by Gasteiger charge is 2.38. The zero-order valence-electron chi connectivity index (χ0n) is 21.4. The highest BCUT2D eigenvalue weighted by molar-refractivity contribution is 5.95. The lowest BCUT2D eigenvalue weighted by atomic mass is 9.93. The molecule has 0 fully saturated rings. The molecule has 0 aliphatic carbocycles. The van der Waals surface area contributed by atoms with Crippen LogP contribution in [0.15, 0.2) is 18.2 Å². The van der Waals surface area contributed by atoms with Gasteiger partial charge in [-0.15, -0.1) is 0 Å². The molecule has 1 aromatic carbocycles. The van der Waals surface area contributed by atoms with E-state index in [2.05, 4.69) is 10.6 Å². The summed E-state index contributed by atoms with van der Waals surface area (Å²) in [5.41, 5.74) is 6.56. The third-order valence-electron chi connectivity index (χ3n) is 5.12. The Balaban J connectivity index is 3.51. The van der Waals surface area contributed by atoms with Crippen molar-refractivity contribution in [1.82, 2.24) is 15.5 Å². The minimum absolute atomic E-state index is 0.395. The first-order valence-corrected chi connectivity index (χ1v) is 11.6. The zero-order chi connectivity index (χ0) is 26.8. The summed E-state index contributed by atoms with van der Waals surface area (Å²) < 4.78 is 5.22. The van der Waals surface area contributed by atoms with Gasteiger partial charge in [-0.25, -0.2) is 4.79 Å². The standard InChI is InChI=1S/C25H37N5O5/c1-7-8-13-28-22(32)21(20-16(2)10-9-11-17(20)3)30(14-12-26)23(33)18(15-19(27)31)29-24(34)35-25(4,5)6/h9-11,18,21H,7-8,13-15H2,1-6H3,(H2,27,31)(H,28,32)(H,29,34). The van der Waals surface area contributed by atoms with E-state index in [1.165, 1.54) is 0 Å². The fourth-order valence-electron chi connectivity index (χ4n) is 3.60. The van der Waals surface area contributed by atoms with Crippen LogP contribution < -0.4 is 16.4 Å². The van der Waals surface area contributed by atoms with E-state index in [-0.39, 0.29) is 0 Å². The van der Waals surface area contributed by atoms with Crippen molar-refractivity contribution in [2.75, 3.05) is 13.1 Å². The van der Waals surface area contributed by atoms with Crippen molar-refractivity contribution in [3.05, 3.63) is 34.9 Å². The Hall–Kier alpha value is -3.61. The Morgan fingerprint density at radius 1 is 1.17 bits per heavy atom. The molecule has 2 unspecified atom stereocenters. The van der Waals surface area contributed by atoms with Gasteiger partial charge in [0, 0.05) is 6.54 Å². The van der Waals surface area contributed by atoms with Crippen molar-refractivity contribution in [2.45, 2.75) is 78.5 Å². The van der Waals surface area contributed by atoms with E-state index in [9.17, 15) is 24.4 Å². The summed E-state index contributed by atoms with van der Waals surface area (Å²) in [7, 11) is 0. The van der Waals surface area contributed by atoms with Crippen LogP contribution in [0, 0.1) is 25.2 Å². The first kappa shape index (κ1) is 29.4. The van der Waals surface area contributed by atoms with Crippen LogP contribution >= 0.6 is 0 Å². The quantitative estimate of drug-likeness (QED) is 0.321. The number of carbonyl (C=O) groups excluding carboxylic acids is 4. The minimum Gasteiger partial charge on any atom is -0.444 e. The second kappa shape index (κ2) is 13.3. The molecule has 2 atom stereocenters. The Morgan fingerprint density at radius 2 is 1.77 bits per heavy atom.